The number of piperidine rings is 2. The molecule has 0 radical (unpaired) electrons. The highest BCUT2D eigenvalue weighted by Crippen LogP contribution is 2.33. The number of hydrogen-bond donors (Lipinski definition) is 0. The van der Waals surface area contributed by atoms with Gasteiger partial charge in [-0.3, -0.25) is 19.2 Å². The van der Waals surface area contributed by atoms with Crippen molar-refractivity contribution in [1.82, 2.24) is 29.8 Å². The van der Waals surface area contributed by atoms with Gasteiger partial charge in [0.2, 0.25) is 17.6 Å². The van der Waals surface area contributed by atoms with Crippen molar-refractivity contribution < 1.29 is 23.9 Å². The van der Waals surface area contributed by atoms with Crippen molar-refractivity contribution in [1.29, 1.82) is 0 Å². The van der Waals surface area contributed by atoms with Crippen molar-refractivity contribution >= 4 is 41.7 Å². The summed E-state index contributed by atoms with van der Waals surface area (Å²) in [6, 6.07) is 29.5. The molecular formula is C46H51N9O5. The molecule has 0 spiro atoms. The number of benzene rings is 3. The molecule has 6 heterocycles. The minimum atomic E-state index is -0.178. The highest BCUT2D eigenvalue weighted by molar-refractivity contribution is 5.95. The lowest BCUT2D eigenvalue weighted by Crippen LogP contribution is -2.43. The SMILES string of the molecule is O=C(c1ccc(N2CCOCC2)cc1)N1CCC(C(=O)N2N=CCC2c2ccccc2)CC1.O=C(c1ncccn1)N1CCC(C(=O)N2N=CCC2c2ccccc2)CC1. The number of anilines is 1. The first-order valence-electron chi connectivity index (χ1n) is 21.0. The van der Waals surface area contributed by atoms with E-state index in [-0.39, 0.29) is 53.4 Å². The first kappa shape index (κ1) is 40.5. The van der Waals surface area contributed by atoms with Crippen molar-refractivity contribution in [3.05, 3.63) is 126 Å². The molecule has 1 aromatic heterocycles. The minimum Gasteiger partial charge on any atom is -0.378 e. The summed E-state index contributed by atoms with van der Waals surface area (Å²) >= 11 is 0. The number of amides is 4. The molecule has 60 heavy (non-hydrogen) atoms. The number of hydrogen-bond acceptors (Lipinski definition) is 10. The molecule has 3 fully saturated rings. The largest absolute Gasteiger partial charge is 0.378 e. The maximum absolute atomic E-state index is 13.2. The van der Waals surface area contributed by atoms with Gasteiger partial charge in [0.1, 0.15) is 0 Å². The van der Waals surface area contributed by atoms with E-state index in [0.717, 1.165) is 56.0 Å². The van der Waals surface area contributed by atoms with Gasteiger partial charge in [-0.15, -0.1) is 0 Å². The Morgan fingerprint density at radius 3 is 1.48 bits per heavy atom. The van der Waals surface area contributed by atoms with Crippen LogP contribution in [-0.2, 0) is 14.3 Å². The molecule has 3 saturated heterocycles. The van der Waals surface area contributed by atoms with Crippen molar-refractivity contribution in [2.45, 2.75) is 50.6 Å². The zero-order valence-electron chi connectivity index (χ0n) is 33.7. The van der Waals surface area contributed by atoms with Crippen LogP contribution >= 0.6 is 0 Å². The fourth-order valence-electron chi connectivity index (χ4n) is 8.56. The molecule has 0 bridgehead atoms. The predicted molar refractivity (Wildman–Crippen MR) is 227 cm³/mol. The summed E-state index contributed by atoms with van der Waals surface area (Å²) in [5, 5.41) is 12.0. The van der Waals surface area contributed by atoms with Gasteiger partial charge in [-0.2, -0.15) is 10.2 Å². The summed E-state index contributed by atoms with van der Waals surface area (Å²) in [4.78, 5) is 65.6. The van der Waals surface area contributed by atoms with Crippen LogP contribution in [0.15, 0.2) is 114 Å². The molecule has 14 nitrogen and oxygen atoms in total. The fraction of sp³-hybridized carbons (Fsp3) is 0.391. The van der Waals surface area contributed by atoms with Crippen LogP contribution in [0.3, 0.4) is 0 Å². The number of aromatic nitrogens is 2. The summed E-state index contributed by atoms with van der Waals surface area (Å²) in [5.74, 6) is -0.0409. The lowest BCUT2D eigenvalue weighted by atomic mass is 9.94. The second kappa shape index (κ2) is 19.2. The number of carbonyl (C=O) groups excluding carboxylic acids is 4. The molecule has 4 amide bonds. The third kappa shape index (κ3) is 9.28. The van der Waals surface area contributed by atoms with E-state index in [2.05, 4.69) is 25.1 Å². The van der Waals surface area contributed by atoms with E-state index in [1.165, 1.54) is 0 Å². The van der Waals surface area contributed by atoms with E-state index in [4.69, 9.17) is 4.74 Å². The molecule has 3 aromatic carbocycles. The third-order valence-electron chi connectivity index (χ3n) is 12.0. The smallest absolute Gasteiger partial charge is 0.291 e. The molecule has 2 unspecified atom stereocenters. The average Bonchev–Trinajstić information content (AvgIpc) is 4.04. The van der Waals surface area contributed by atoms with Gasteiger partial charge in [-0.05, 0) is 67.1 Å². The molecule has 4 aromatic rings. The third-order valence-corrected chi connectivity index (χ3v) is 12.0. The van der Waals surface area contributed by atoms with Gasteiger partial charge in [0.15, 0.2) is 0 Å². The second-order valence-corrected chi connectivity index (χ2v) is 15.6. The van der Waals surface area contributed by atoms with E-state index < -0.39 is 0 Å². The molecule has 0 saturated carbocycles. The Kier molecular flexibility index (Phi) is 13.0. The number of carbonyl (C=O) groups is 4. The standard InChI is InChI=1S/C26H30N4O3.C20H21N5O2/c31-25(21-6-8-23(9-7-21)28-16-18-33-19-17-28)29-14-11-22(12-15-29)26(32)30-24(10-13-27-30)20-4-2-1-3-5-20;26-19(25-17(7-12-23-25)15-5-2-1-3-6-15)16-8-13-24(14-9-16)20(27)18-21-10-4-11-22-18/h1-9,13,22,24H,10-12,14-19H2;1-6,10-12,16-17H,7-9,13-14H2. The number of ether oxygens (including phenoxy) is 1. The van der Waals surface area contributed by atoms with Gasteiger partial charge in [0.25, 0.3) is 11.8 Å². The lowest BCUT2D eigenvalue weighted by Gasteiger charge is -2.34. The topological polar surface area (TPSA) is 144 Å². The van der Waals surface area contributed by atoms with Gasteiger partial charge in [-0.25, -0.2) is 20.0 Å². The maximum Gasteiger partial charge on any atom is 0.291 e. The van der Waals surface area contributed by atoms with Crippen molar-refractivity contribution in [2.24, 2.45) is 22.0 Å². The van der Waals surface area contributed by atoms with Gasteiger partial charge >= 0.3 is 0 Å². The molecule has 5 aliphatic rings. The van der Waals surface area contributed by atoms with Gasteiger partial charge < -0.3 is 19.4 Å². The van der Waals surface area contributed by atoms with E-state index in [0.29, 0.717) is 57.4 Å². The Balaban J connectivity index is 0.000000170. The molecule has 9 rings (SSSR count). The van der Waals surface area contributed by atoms with Crippen molar-refractivity contribution in [3.8, 4) is 0 Å². The van der Waals surface area contributed by atoms with Crippen LogP contribution in [0.4, 0.5) is 5.69 Å². The van der Waals surface area contributed by atoms with E-state index in [1.54, 1.807) is 39.6 Å². The number of rotatable bonds is 7. The van der Waals surface area contributed by atoms with Crippen LogP contribution in [-0.4, -0.2) is 118 Å². The highest BCUT2D eigenvalue weighted by Gasteiger charge is 2.37. The fourth-order valence-corrected chi connectivity index (χ4v) is 8.56. The molecule has 14 heteroatoms. The summed E-state index contributed by atoms with van der Waals surface area (Å²) < 4.78 is 5.41. The van der Waals surface area contributed by atoms with Crippen LogP contribution in [0, 0.1) is 11.8 Å². The van der Waals surface area contributed by atoms with E-state index in [1.807, 2.05) is 96.0 Å². The minimum absolute atomic E-state index is 0.0247. The highest BCUT2D eigenvalue weighted by atomic mass is 16.5. The molecule has 0 aliphatic carbocycles. The van der Waals surface area contributed by atoms with Crippen molar-refractivity contribution in [3.63, 3.8) is 0 Å². The molecule has 0 N–H and O–H groups in total. The first-order valence-corrected chi connectivity index (χ1v) is 21.0. The molecule has 310 valence electrons. The molecular weight excluding hydrogens is 759 g/mol. The quantitative estimate of drug-likeness (QED) is 0.234. The zero-order valence-corrected chi connectivity index (χ0v) is 33.7. The van der Waals surface area contributed by atoms with Gasteiger partial charge in [-0.1, -0.05) is 60.7 Å². The number of hydrazone groups is 2. The summed E-state index contributed by atoms with van der Waals surface area (Å²) in [6.45, 7) is 5.47. The van der Waals surface area contributed by atoms with E-state index in [9.17, 15) is 19.2 Å². The summed E-state index contributed by atoms with van der Waals surface area (Å²) in [5.41, 5.74) is 4.03. The van der Waals surface area contributed by atoms with E-state index >= 15 is 0 Å². The Morgan fingerprint density at radius 1 is 0.533 bits per heavy atom. The number of nitrogens with zero attached hydrogens (tertiary/aromatic N) is 9. The first-order chi connectivity index (χ1) is 29.4. The van der Waals surface area contributed by atoms with Gasteiger partial charge in [0, 0.05) is 100 Å². The monoisotopic (exact) mass is 809 g/mol. The maximum atomic E-state index is 13.2. The summed E-state index contributed by atoms with van der Waals surface area (Å²) in [7, 11) is 0. The zero-order chi connectivity index (χ0) is 41.3. The van der Waals surface area contributed by atoms with Crippen LogP contribution in [0.5, 0.6) is 0 Å². The average molecular weight is 810 g/mol. The molecule has 2 atom stereocenters. The van der Waals surface area contributed by atoms with Gasteiger partial charge in [0.05, 0.1) is 25.3 Å². The Hall–Kier alpha value is -6.28. The number of likely N-dealkylation sites (tertiary alicyclic amines) is 2. The lowest BCUT2D eigenvalue weighted by molar-refractivity contribution is -0.139. The second-order valence-electron chi connectivity index (χ2n) is 15.6. The Morgan fingerprint density at radius 2 is 1.00 bits per heavy atom. The predicted octanol–water partition coefficient (Wildman–Crippen LogP) is 5.62. The number of morpholine rings is 1. The Bertz CT molecular complexity index is 2130. The van der Waals surface area contributed by atoms with Crippen LogP contribution in [0.1, 0.15) is 82.7 Å². The molecule has 5 aliphatic heterocycles. The van der Waals surface area contributed by atoms with Crippen LogP contribution in [0.25, 0.3) is 0 Å². The van der Waals surface area contributed by atoms with Crippen LogP contribution < -0.4 is 4.90 Å². The Labute approximate surface area is 350 Å². The summed E-state index contributed by atoms with van der Waals surface area (Å²) in [6.07, 6.45) is 10.8. The normalized spacial score (nSPS) is 20.8. The van der Waals surface area contributed by atoms with Crippen LogP contribution in [0.2, 0.25) is 0 Å². The van der Waals surface area contributed by atoms with Crippen molar-refractivity contribution in [2.75, 3.05) is 57.4 Å².